The molecule has 17 heavy (non-hydrogen) atoms. The van der Waals surface area contributed by atoms with Crippen LogP contribution in [0.25, 0.3) is 0 Å². The van der Waals surface area contributed by atoms with Crippen LogP contribution in [-0.4, -0.2) is 47.4 Å². The van der Waals surface area contributed by atoms with Gasteiger partial charge in [0, 0.05) is 18.9 Å². The Morgan fingerprint density at radius 1 is 1.53 bits per heavy atom. The molecule has 0 aliphatic carbocycles. The van der Waals surface area contributed by atoms with Crippen molar-refractivity contribution in [3.05, 3.63) is 11.9 Å². The molecule has 0 bridgehead atoms. The first-order valence-electron chi connectivity index (χ1n) is 4.95. The average Bonchev–Trinajstić information content (AvgIpc) is 2.40. The molecule has 1 aliphatic rings. The maximum absolute atomic E-state index is 10.6. The first kappa shape index (κ1) is 15.5. The number of hydrogen-bond donors (Lipinski definition) is 3. The van der Waals surface area contributed by atoms with Gasteiger partial charge in [-0.2, -0.15) is 0 Å². The van der Waals surface area contributed by atoms with Crippen molar-refractivity contribution < 1.29 is 28.5 Å². The normalized spacial score (nSPS) is 34.0. The molecule has 1 aliphatic heterocycles. The first-order chi connectivity index (χ1) is 7.57. The van der Waals surface area contributed by atoms with Gasteiger partial charge in [-0.1, -0.05) is 0 Å². The molecule has 0 spiro atoms. The molecule has 3 N–H and O–H groups in total. The van der Waals surface area contributed by atoms with Crippen molar-refractivity contribution in [1.29, 1.82) is 0 Å². The maximum atomic E-state index is 10.6. The van der Waals surface area contributed by atoms with E-state index in [-0.39, 0.29) is 12.1 Å². The molecule has 1 rings (SSSR count). The van der Waals surface area contributed by atoms with Gasteiger partial charge < -0.3 is 23.9 Å². The summed E-state index contributed by atoms with van der Waals surface area (Å²) in [6.45, 7) is -1.30. The number of hydrogen-bond acceptors (Lipinski definition) is 4. The van der Waals surface area contributed by atoms with Crippen LogP contribution >= 0.6 is 14.1 Å². The largest absolute Gasteiger partial charge is 0.377 e. The predicted octanol–water partition coefficient (Wildman–Crippen LogP) is -0.257. The SMILES string of the molecule is B[C@@H]1O[C@H](/C=C/P(=O)(O)O)C[C@H]1OP(C)(O)=S. The van der Waals surface area contributed by atoms with Crippen LogP contribution in [-0.2, 0) is 25.6 Å². The zero-order valence-electron chi connectivity index (χ0n) is 9.46. The number of rotatable bonds is 4. The molecule has 1 heterocycles. The van der Waals surface area contributed by atoms with E-state index in [9.17, 15) is 9.46 Å². The van der Waals surface area contributed by atoms with Crippen LogP contribution in [0.2, 0.25) is 0 Å². The van der Waals surface area contributed by atoms with E-state index in [1.165, 1.54) is 12.7 Å². The molecule has 1 fully saturated rings. The van der Waals surface area contributed by atoms with Crippen LogP contribution < -0.4 is 0 Å². The second kappa shape index (κ2) is 5.64. The van der Waals surface area contributed by atoms with E-state index in [0.29, 0.717) is 6.42 Å². The Bertz CT molecular complexity index is 390. The van der Waals surface area contributed by atoms with E-state index in [2.05, 4.69) is 0 Å². The van der Waals surface area contributed by atoms with Crippen LogP contribution in [0.4, 0.5) is 0 Å². The maximum Gasteiger partial charge on any atom is 0.348 e. The second-order valence-corrected chi connectivity index (χ2v) is 9.32. The highest BCUT2D eigenvalue weighted by Crippen LogP contribution is 2.43. The Morgan fingerprint density at radius 2 is 2.12 bits per heavy atom. The molecule has 6 nitrogen and oxygen atoms in total. The number of ether oxygens (including phenoxy) is 1. The zero-order chi connectivity index (χ0) is 13.3. The highest BCUT2D eigenvalue weighted by molar-refractivity contribution is 8.09. The highest BCUT2D eigenvalue weighted by atomic mass is 32.5. The van der Waals surface area contributed by atoms with Crippen molar-refractivity contribution in [3.8, 4) is 0 Å². The summed E-state index contributed by atoms with van der Waals surface area (Å²) in [5.74, 6) is 0.813. The third kappa shape index (κ3) is 6.27. The lowest BCUT2D eigenvalue weighted by atomic mass is 9.94. The monoisotopic (exact) mass is 300 g/mol. The Morgan fingerprint density at radius 3 is 2.59 bits per heavy atom. The second-order valence-electron chi connectivity index (χ2n) is 3.99. The quantitative estimate of drug-likeness (QED) is 0.486. The van der Waals surface area contributed by atoms with Gasteiger partial charge in [-0.25, -0.2) is 0 Å². The molecule has 98 valence electrons. The van der Waals surface area contributed by atoms with Crippen molar-refractivity contribution in [2.45, 2.75) is 24.6 Å². The van der Waals surface area contributed by atoms with Crippen LogP contribution in [0.1, 0.15) is 6.42 Å². The molecule has 1 saturated heterocycles. The molecule has 1 unspecified atom stereocenters. The lowest BCUT2D eigenvalue weighted by molar-refractivity contribution is 0.0868. The van der Waals surface area contributed by atoms with Crippen molar-refractivity contribution >= 4 is 33.7 Å². The summed E-state index contributed by atoms with van der Waals surface area (Å²) in [5, 5.41) is 0. The third-order valence-corrected chi connectivity index (χ3v) is 3.68. The highest BCUT2D eigenvalue weighted by Gasteiger charge is 2.33. The van der Waals surface area contributed by atoms with Gasteiger partial charge in [-0.3, -0.25) is 4.57 Å². The van der Waals surface area contributed by atoms with Crippen LogP contribution in [0.3, 0.4) is 0 Å². The molecule has 10 heteroatoms. The van der Waals surface area contributed by atoms with E-state index in [0.717, 1.165) is 5.82 Å². The Labute approximate surface area is 106 Å². The fraction of sp³-hybridized carbons (Fsp3) is 0.714. The average molecular weight is 300 g/mol. The lowest BCUT2D eigenvalue weighted by Gasteiger charge is -2.18. The Hall–Kier alpha value is 0.485. The molecular weight excluding hydrogens is 285 g/mol. The third-order valence-electron chi connectivity index (χ3n) is 2.20. The molecule has 0 aromatic rings. The van der Waals surface area contributed by atoms with Gasteiger partial charge in [0.25, 0.3) is 0 Å². The summed E-state index contributed by atoms with van der Waals surface area (Å²) in [7, 11) is -2.40. The fourth-order valence-electron chi connectivity index (χ4n) is 1.55. The minimum Gasteiger partial charge on any atom is -0.377 e. The zero-order valence-corrected chi connectivity index (χ0v) is 12.1. The first-order valence-corrected chi connectivity index (χ1v) is 9.76. The van der Waals surface area contributed by atoms with Gasteiger partial charge in [-0.15, -0.1) is 0 Å². The minimum atomic E-state index is -4.16. The molecular formula is C7H15BO6P2S. The smallest absolute Gasteiger partial charge is 0.348 e. The van der Waals surface area contributed by atoms with Crippen LogP contribution in [0, 0.1) is 0 Å². The Balaban J connectivity index is 2.58. The summed E-state index contributed by atoms with van der Waals surface area (Å²) in [6, 6.07) is -0.268. The standard InChI is InChI=1S/C7H15BO6P2S/c1-15(9,17)14-6-4-5(13-7(6)8)2-3-16(10,11)12/h2-3,5-7H,4,8H2,1H3,(H,9,17)(H2,10,11,12)/b3-2+/t5-,6-,7-,15?/m1/s1. The van der Waals surface area contributed by atoms with Gasteiger partial charge >= 0.3 is 7.60 Å². The van der Waals surface area contributed by atoms with Crippen molar-refractivity contribution in [1.82, 2.24) is 0 Å². The summed E-state index contributed by atoms with van der Waals surface area (Å²) >= 11 is 4.78. The molecule has 0 amide bonds. The van der Waals surface area contributed by atoms with E-state index in [1.807, 2.05) is 0 Å². The van der Waals surface area contributed by atoms with Gasteiger partial charge in [-0.05, 0) is 17.9 Å². The van der Waals surface area contributed by atoms with Crippen molar-refractivity contribution in [3.63, 3.8) is 0 Å². The van der Waals surface area contributed by atoms with Crippen LogP contribution in [0.15, 0.2) is 11.9 Å². The van der Waals surface area contributed by atoms with E-state index in [1.54, 1.807) is 7.85 Å². The molecule has 0 saturated carbocycles. The van der Waals surface area contributed by atoms with Gasteiger partial charge in [0.1, 0.15) is 7.85 Å². The minimum absolute atomic E-state index is 0.268. The van der Waals surface area contributed by atoms with E-state index in [4.69, 9.17) is 30.9 Å². The van der Waals surface area contributed by atoms with Gasteiger partial charge in [0.15, 0.2) is 6.49 Å². The molecule has 0 radical (unpaired) electrons. The summed E-state index contributed by atoms with van der Waals surface area (Å²) in [5.41, 5.74) is 0. The molecule has 0 aromatic heterocycles. The summed E-state index contributed by atoms with van der Waals surface area (Å²) in [6.07, 6.45) is 0.966. The van der Waals surface area contributed by atoms with Crippen molar-refractivity contribution in [2.24, 2.45) is 0 Å². The van der Waals surface area contributed by atoms with E-state index < -0.39 is 20.2 Å². The van der Waals surface area contributed by atoms with E-state index >= 15 is 0 Å². The van der Waals surface area contributed by atoms with Gasteiger partial charge in [0.05, 0.1) is 18.2 Å². The predicted molar refractivity (Wildman–Crippen MR) is 70.3 cm³/mol. The van der Waals surface area contributed by atoms with Crippen molar-refractivity contribution in [2.75, 3.05) is 6.66 Å². The Kier molecular flexibility index (Phi) is 5.15. The van der Waals surface area contributed by atoms with Crippen LogP contribution in [0.5, 0.6) is 0 Å². The van der Waals surface area contributed by atoms with Gasteiger partial charge in [0.2, 0.25) is 0 Å². The fourth-order valence-corrected chi connectivity index (χ4v) is 3.06. The summed E-state index contributed by atoms with van der Waals surface area (Å²) < 4.78 is 21.4. The molecule has 0 aromatic carbocycles. The lowest BCUT2D eigenvalue weighted by Crippen LogP contribution is -2.23. The topological polar surface area (TPSA) is 96.2 Å². The summed E-state index contributed by atoms with van der Waals surface area (Å²) in [4.78, 5) is 26.8. The molecule has 4 atom stereocenters.